The lowest BCUT2D eigenvalue weighted by atomic mass is 9.97. The molecule has 2 N–H and O–H groups in total. The average molecular weight is 636 g/mol. The Hall–Kier alpha value is -4.31. The summed E-state index contributed by atoms with van der Waals surface area (Å²) in [5, 5.41) is 19.2. The highest BCUT2D eigenvalue weighted by Gasteiger charge is 2.14. The van der Waals surface area contributed by atoms with Crippen molar-refractivity contribution >= 4 is 32.7 Å². The second kappa shape index (κ2) is 15.6. The molecule has 4 aromatic rings. The van der Waals surface area contributed by atoms with Crippen molar-refractivity contribution in [1.82, 2.24) is 4.57 Å². The zero-order valence-electron chi connectivity index (χ0n) is 25.8. The van der Waals surface area contributed by atoms with E-state index in [4.69, 9.17) is 14.6 Å². The molecule has 0 radical (unpaired) electrons. The van der Waals surface area contributed by atoms with Crippen molar-refractivity contribution in [2.75, 3.05) is 19.5 Å². The molecule has 0 saturated carbocycles. The van der Waals surface area contributed by atoms with Crippen molar-refractivity contribution in [1.29, 1.82) is 0 Å². The van der Waals surface area contributed by atoms with Crippen molar-refractivity contribution in [3.8, 4) is 22.6 Å². The number of hydrogen-bond donors (Lipinski definition) is 2. The molecule has 240 valence electrons. The van der Waals surface area contributed by atoms with Gasteiger partial charge in [0, 0.05) is 43.2 Å². The number of aromatic nitrogens is 1. The van der Waals surface area contributed by atoms with Gasteiger partial charge in [0.15, 0.2) is 9.84 Å². The maximum Gasteiger partial charge on any atom is 0.303 e. The second-order valence-electron chi connectivity index (χ2n) is 11.3. The van der Waals surface area contributed by atoms with Crippen LogP contribution in [0.4, 0.5) is 0 Å². The van der Waals surface area contributed by atoms with Gasteiger partial charge in [-0.05, 0) is 96.8 Å². The highest BCUT2D eigenvalue weighted by atomic mass is 32.2. The maximum absolute atomic E-state index is 12.4. The van der Waals surface area contributed by atoms with Gasteiger partial charge in [-0.25, -0.2) is 8.42 Å². The largest absolute Gasteiger partial charge is 0.494 e. The highest BCUT2D eigenvalue weighted by Crippen LogP contribution is 2.31. The Labute approximate surface area is 264 Å². The third kappa shape index (κ3) is 9.84. The minimum absolute atomic E-state index is 0.0110. The SMILES string of the molecule is Cn1ccc2cc(-c3cc(OCCCCCCc4cccc(OCCCC(=O)O)c4CCC(=O)O)cc(S(C)(=O)=O)c3)ccc21. The van der Waals surface area contributed by atoms with Crippen molar-refractivity contribution in [2.24, 2.45) is 7.05 Å². The third-order valence-corrected chi connectivity index (χ3v) is 8.84. The summed E-state index contributed by atoms with van der Waals surface area (Å²) in [5.41, 5.74) is 4.71. The van der Waals surface area contributed by atoms with Crippen LogP contribution in [0.3, 0.4) is 0 Å². The molecule has 0 saturated heterocycles. The van der Waals surface area contributed by atoms with E-state index in [1.165, 1.54) is 6.26 Å². The Morgan fingerprint density at radius 1 is 0.778 bits per heavy atom. The molecule has 45 heavy (non-hydrogen) atoms. The maximum atomic E-state index is 12.4. The molecule has 0 aliphatic heterocycles. The number of fused-ring (bicyclic) bond motifs is 1. The van der Waals surface area contributed by atoms with Crippen LogP contribution in [-0.4, -0.2) is 54.6 Å². The number of carbonyl (C=O) groups is 2. The van der Waals surface area contributed by atoms with Crippen LogP contribution in [0.1, 0.15) is 56.1 Å². The standard InChI is InChI=1S/C35H41NO8S/c1-36-18-17-27-21-26(13-15-32(27)36)28-22-29(24-30(23-28)45(2,41)42)43-19-6-4-3-5-9-25-10-7-11-33(31(25)14-16-35(39)40)44-20-8-12-34(37)38/h7,10-11,13,15,17-18,21-24H,3-6,8-9,12,14,16,19-20H2,1-2H3,(H,37,38)(H,39,40). The van der Waals surface area contributed by atoms with Gasteiger partial charge in [0.2, 0.25) is 0 Å². The number of hydrogen-bond acceptors (Lipinski definition) is 6. The van der Waals surface area contributed by atoms with E-state index < -0.39 is 21.8 Å². The normalized spacial score (nSPS) is 11.5. The van der Waals surface area contributed by atoms with Gasteiger partial charge in [0.25, 0.3) is 0 Å². The Balaban J connectivity index is 1.32. The Morgan fingerprint density at radius 3 is 2.29 bits per heavy atom. The summed E-state index contributed by atoms with van der Waals surface area (Å²) in [6.07, 6.45) is 8.25. The number of aryl methyl sites for hydroxylation is 2. The first-order valence-corrected chi connectivity index (χ1v) is 17.1. The molecular weight excluding hydrogens is 594 g/mol. The monoisotopic (exact) mass is 635 g/mol. The van der Waals surface area contributed by atoms with E-state index in [9.17, 15) is 23.1 Å². The van der Waals surface area contributed by atoms with Gasteiger partial charge in [-0.3, -0.25) is 9.59 Å². The zero-order valence-corrected chi connectivity index (χ0v) is 26.6. The predicted molar refractivity (Wildman–Crippen MR) is 174 cm³/mol. The lowest BCUT2D eigenvalue weighted by molar-refractivity contribution is -0.138. The van der Waals surface area contributed by atoms with E-state index in [0.717, 1.165) is 65.3 Å². The van der Waals surface area contributed by atoms with Gasteiger partial charge in [-0.1, -0.05) is 31.0 Å². The molecular formula is C35H41NO8S. The Morgan fingerprint density at radius 2 is 1.53 bits per heavy atom. The van der Waals surface area contributed by atoms with E-state index in [1.54, 1.807) is 12.1 Å². The van der Waals surface area contributed by atoms with Crippen LogP contribution >= 0.6 is 0 Å². The van der Waals surface area contributed by atoms with Crippen LogP contribution in [0.2, 0.25) is 0 Å². The molecule has 3 aromatic carbocycles. The van der Waals surface area contributed by atoms with Crippen molar-refractivity contribution < 1.29 is 37.7 Å². The number of aliphatic carboxylic acids is 2. The van der Waals surface area contributed by atoms with Crippen molar-refractivity contribution in [2.45, 2.75) is 62.7 Å². The fraction of sp³-hybridized carbons (Fsp3) is 0.371. The molecule has 0 spiro atoms. The molecule has 1 aromatic heterocycles. The average Bonchev–Trinajstić information content (AvgIpc) is 3.37. The molecule has 0 aliphatic carbocycles. The van der Waals surface area contributed by atoms with Gasteiger partial charge >= 0.3 is 11.9 Å². The number of nitrogens with zero attached hydrogens (tertiary/aromatic N) is 1. The van der Waals surface area contributed by atoms with Crippen LogP contribution in [0.25, 0.3) is 22.0 Å². The summed E-state index contributed by atoms with van der Waals surface area (Å²) in [4.78, 5) is 22.3. The first-order chi connectivity index (χ1) is 21.5. The smallest absolute Gasteiger partial charge is 0.303 e. The topological polar surface area (TPSA) is 132 Å². The van der Waals surface area contributed by atoms with E-state index in [2.05, 4.69) is 6.07 Å². The number of carboxylic acid groups (broad SMARTS) is 2. The lowest BCUT2D eigenvalue weighted by Gasteiger charge is -2.15. The quantitative estimate of drug-likeness (QED) is 0.116. The molecule has 0 atom stereocenters. The van der Waals surface area contributed by atoms with E-state index in [1.807, 2.05) is 60.3 Å². The fourth-order valence-corrected chi connectivity index (χ4v) is 6.03. The Kier molecular flexibility index (Phi) is 11.6. The number of rotatable bonds is 18. The van der Waals surface area contributed by atoms with Crippen LogP contribution in [0, 0.1) is 0 Å². The van der Waals surface area contributed by atoms with Gasteiger partial charge in [0.05, 0.1) is 18.1 Å². The highest BCUT2D eigenvalue weighted by molar-refractivity contribution is 7.90. The minimum atomic E-state index is -3.44. The first-order valence-electron chi connectivity index (χ1n) is 15.2. The molecule has 0 amide bonds. The summed E-state index contributed by atoms with van der Waals surface area (Å²) in [6.45, 7) is 0.709. The lowest BCUT2D eigenvalue weighted by Crippen LogP contribution is -2.07. The number of sulfone groups is 1. The molecule has 9 nitrogen and oxygen atoms in total. The summed E-state index contributed by atoms with van der Waals surface area (Å²) >= 11 is 0. The molecule has 0 fully saturated rings. The van der Waals surface area contributed by atoms with E-state index in [0.29, 0.717) is 30.9 Å². The molecule has 0 aliphatic rings. The van der Waals surface area contributed by atoms with Crippen LogP contribution in [0.15, 0.2) is 71.8 Å². The summed E-state index contributed by atoms with van der Waals surface area (Å²) in [6, 6.07) is 18.9. The summed E-state index contributed by atoms with van der Waals surface area (Å²) in [5.74, 6) is -0.624. The number of ether oxygens (including phenoxy) is 2. The van der Waals surface area contributed by atoms with Gasteiger partial charge in [-0.15, -0.1) is 0 Å². The number of carboxylic acids is 2. The predicted octanol–water partition coefficient (Wildman–Crippen LogP) is 6.69. The van der Waals surface area contributed by atoms with E-state index >= 15 is 0 Å². The minimum Gasteiger partial charge on any atom is -0.494 e. The molecule has 0 bridgehead atoms. The molecule has 0 unspecified atom stereocenters. The Bertz CT molecular complexity index is 1740. The molecule has 4 rings (SSSR count). The van der Waals surface area contributed by atoms with Crippen LogP contribution in [-0.2, 0) is 39.3 Å². The van der Waals surface area contributed by atoms with Crippen molar-refractivity contribution in [3.05, 3.63) is 78.0 Å². The second-order valence-corrected chi connectivity index (χ2v) is 13.3. The number of unbranched alkanes of at least 4 members (excludes halogenated alkanes) is 3. The van der Waals surface area contributed by atoms with Crippen LogP contribution < -0.4 is 9.47 Å². The third-order valence-electron chi connectivity index (χ3n) is 7.75. The van der Waals surface area contributed by atoms with Crippen LogP contribution in [0.5, 0.6) is 11.5 Å². The van der Waals surface area contributed by atoms with E-state index in [-0.39, 0.29) is 24.3 Å². The van der Waals surface area contributed by atoms with Gasteiger partial charge in [-0.2, -0.15) is 0 Å². The molecule has 10 heteroatoms. The van der Waals surface area contributed by atoms with Crippen molar-refractivity contribution in [3.63, 3.8) is 0 Å². The summed E-state index contributed by atoms with van der Waals surface area (Å²) < 4.78 is 38.8. The first kappa shape index (κ1) is 33.6. The van der Waals surface area contributed by atoms with Gasteiger partial charge in [0.1, 0.15) is 11.5 Å². The molecule has 1 heterocycles. The summed E-state index contributed by atoms with van der Waals surface area (Å²) in [7, 11) is -1.45. The zero-order chi connectivity index (χ0) is 32.4. The van der Waals surface area contributed by atoms with Gasteiger partial charge < -0.3 is 24.3 Å². The number of benzene rings is 3. The fourth-order valence-electron chi connectivity index (χ4n) is 5.36.